The van der Waals surface area contributed by atoms with Crippen molar-refractivity contribution in [3.63, 3.8) is 0 Å². The van der Waals surface area contributed by atoms with Crippen LogP contribution >= 0.6 is 0 Å². The van der Waals surface area contributed by atoms with E-state index < -0.39 is 5.97 Å². The van der Waals surface area contributed by atoms with Crippen molar-refractivity contribution < 1.29 is 19.1 Å². The molecule has 2 heterocycles. The smallest absolute Gasteiger partial charge is 0.306 e. The number of aryl methyl sites for hydroxylation is 1. The van der Waals surface area contributed by atoms with E-state index in [1.807, 2.05) is 16.5 Å². The van der Waals surface area contributed by atoms with E-state index in [0.717, 1.165) is 23.4 Å². The van der Waals surface area contributed by atoms with E-state index in [9.17, 15) is 14.0 Å². The number of nitrogens with zero attached hydrogens (tertiary/aromatic N) is 3. The van der Waals surface area contributed by atoms with Gasteiger partial charge in [-0.2, -0.15) is 5.10 Å². The van der Waals surface area contributed by atoms with Crippen LogP contribution in [0.2, 0.25) is 0 Å². The number of benzene rings is 1. The number of carbonyl (C=O) groups is 2. The highest BCUT2D eigenvalue weighted by Gasteiger charge is 2.34. The Kier molecular flexibility index (Phi) is 5.39. The molecular formula is C22H26FN3O3. The van der Waals surface area contributed by atoms with E-state index in [-0.39, 0.29) is 23.6 Å². The molecule has 0 spiro atoms. The first-order chi connectivity index (χ1) is 13.9. The molecule has 1 N–H and O–H groups in total. The summed E-state index contributed by atoms with van der Waals surface area (Å²) in [5.41, 5.74) is 4.19. The fraction of sp³-hybridized carbons (Fsp3) is 0.500. The molecule has 7 heteroatoms. The number of rotatable bonds is 4. The summed E-state index contributed by atoms with van der Waals surface area (Å²) >= 11 is 0. The standard InChI is InChI=1S/C22H26FN3O3/c1-14-19-10-11-25(21(27)16-4-6-17(7-5-16)22(28)29)13-20(19)26(24-14)12-15-2-8-18(23)9-3-15/h2-3,8-9,16-17H,4-7,10-13H2,1H3,(H,28,29). The van der Waals surface area contributed by atoms with Gasteiger partial charge in [-0.05, 0) is 62.3 Å². The van der Waals surface area contributed by atoms with Crippen LogP contribution in [0.1, 0.15) is 48.2 Å². The fourth-order valence-corrected chi connectivity index (χ4v) is 4.60. The summed E-state index contributed by atoms with van der Waals surface area (Å²) in [6, 6.07) is 6.40. The van der Waals surface area contributed by atoms with Crippen molar-refractivity contribution in [2.75, 3.05) is 6.54 Å². The minimum absolute atomic E-state index is 0.0817. The van der Waals surface area contributed by atoms with Crippen LogP contribution in [-0.4, -0.2) is 38.2 Å². The van der Waals surface area contributed by atoms with Gasteiger partial charge in [0.2, 0.25) is 5.91 Å². The molecule has 0 atom stereocenters. The predicted molar refractivity (Wildman–Crippen MR) is 105 cm³/mol. The zero-order valence-electron chi connectivity index (χ0n) is 16.6. The SMILES string of the molecule is Cc1nn(Cc2ccc(F)cc2)c2c1CCN(C(=O)C1CCC(C(=O)O)CC1)C2. The van der Waals surface area contributed by atoms with E-state index in [1.165, 1.54) is 17.7 Å². The lowest BCUT2D eigenvalue weighted by Crippen LogP contribution is -2.41. The maximum absolute atomic E-state index is 13.2. The van der Waals surface area contributed by atoms with Crippen molar-refractivity contribution in [1.29, 1.82) is 0 Å². The molecule has 0 saturated heterocycles. The number of amides is 1. The van der Waals surface area contributed by atoms with Gasteiger partial charge in [-0.25, -0.2) is 4.39 Å². The Morgan fingerprint density at radius 2 is 1.79 bits per heavy atom. The second-order valence-corrected chi connectivity index (χ2v) is 8.19. The predicted octanol–water partition coefficient (Wildman–Crippen LogP) is 3.15. The molecule has 4 rings (SSSR count). The maximum Gasteiger partial charge on any atom is 0.306 e. The molecule has 154 valence electrons. The first kappa shape index (κ1) is 19.6. The average Bonchev–Trinajstić information content (AvgIpc) is 3.04. The molecule has 1 aromatic carbocycles. The molecule has 29 heavy (non-hydrogen) atoms. The Labute approximate surface area is 169 Å². The number of hydrogen-bond donors (Lipinski definition) is 1. The van der Waals surface area contributed by atoms with Crippen LogP contribution in [0.3, 0.4) is 0 Å². The first-order valence-corrected chi connectivity index (χ1v) is 10.2. The van der Waals surface area contributed by atoms with Gasteiger partial charge >= 0.3 is 5.97 Å². The van der Waals surface area contributed by atoms with Gasteiger partial charge in [0.1, 0.15) is 5.82 Å². The van der Waals surface area contributed by atoms with Gasteiger partial charge in [0.15, 0.2) is 0 Å². The number of carbonyl (C=O) groups excluding carboxylic acids is 1. The largest absolute Gasteiger partial charge is 0.481 e. The summed E-state index contributed by atoms with van der Waals surface area (Å²) in [6.07, 6.45) is 3.22. The molecule has 0 unspecified atom stereocenters. The number of aromatic nitrogens is 2. The number of aliphatic carboxylic acids is 1. The monoisotopic (exact) mass is 399 g/mol. The van der Waals surface area contributed by atoms with Crippen molar-refractivity contribution in [3.05, 3.63) is 52.6 Å². The molecule has 1 aliphatic heterocycles. The Bertz CT molecular complexity index is 914. The van der Waals surface area contributed by atoms with Gasteiger partial charge in [-0.3, -0.25) is 14.3 Å². The van der Waals surface area contributed by atoms with E-state index in [4.69, 9.17) is 5.11 Å². The van der Waals surface area contributed by atoms with Crippen molar-refractivity contribution in [2.45, 2.75) is 52.1 Å². The Morgan fingerprint density at radius 3 is 2.45 bits per heavy atom. The summed E-state index contributed by atoms with van der Waals surface area (Å²) in [7, 11) is 0. The quantitative estimate of drug-likeness (QED) is 0.857. The minimum Gasteiger partial charge on any atom is -0.481 e. The zero-order valence-corrected chi connectivity index (χ0v) is 16.6. The Balaban J connectivity index is 1.47. The number of carboxylic acid groups (broad SMARTS) is 1. The highest BCUT2D eigenvalue weighted by molar-refractivity contribution is 5.79. The second-order valence-electron chi connectivity index (χ2n) is 8.19. The summed E-state index contributed by atoms with van der Waals surface area (Å²) in [5, 5.41) is 13.8. The summed E-state index contributed by atoms with van der Waals surface area (Å²) in [4.78, 5) is 26.1. The number of hydrogen-bond acceptors (Lipinski definition) is 3. The lowest BCUT2D eigenvalue weighted by molar-refractivity contribution is -0.146. The van der Waals surface area contributed by atoms with Crippen LogP contribution in [0.15, 0.2) is 24.3 Å². The normalized spacial score (nSPS) is 21.7. The fourth-order valence-electron chi connectivity index (χ4n) is 4.60. The van der Waals surface area contributed by atoms with Gasteiger partial charge in [0.25, 0.3) is 0 Å². The lowest BCUT2D eigenvalue weighted by Gasteiger charge is -2.33. The highest BCUT2D eigenvalue weighted by Crippen LogP contribution is 2.32. The molecular weight excluding hydrogens is 373 g/mol. The Morgan fingerprint density at radius 1 is 1.14 bits per heavy atom. The molecule has 1 amide bonds. The maximum atomic E-state index is 13.2. The van der Waals surface area contributed by atoms with E-state index in [2.05, 4.69) is 5.10 Å². The van der Waals surface area contributed by atoms with Gasteiger partial charge in [0.05, 0.1) is 30.4 Å². The van der Waals surface area contributed by atoms with Crippen molar-refractivity contribution in [2.24, 2.45) is 11.8 Å². The van der Waals surface area contributed by atoms with Gasteiger partial charge in [-0.1, -0.05) is 12.1 Å². The molecule has 0 radical (unpaired) electrons. The topological polar surface area (TPSA) is 75.4 Å². The number of carboxylic acids is 1. The number of halogens is 1. The zero-order chi connectivity index (χ0) is 20.5. The molecule has 1 fully saturated rings. The minimum atomic E-state index is -0.751. The summed E-state index contributed by atoms with van der Waals surface area (Å²) < 4.78 is 15.1. The number of fused-ring (bicyclic) bond motifs is 1. The van der Waals surface area contributed by atoms with Crippen molar-refractivity contribution >= 4 is 11.9 Å². The molecule has 2 aromatic rings. The highest BCUT2D eigenvalue weighted by atomic mass is 19.1. The van der Waals surface area contributed by atoms with Crippen LogP contribution in [0.4, 0.5) is 4.39 Å². The van der Waals surface area contributed by atoms with E-state index >= 15 is 0 Å². The van der Waals surface area contributed by atoms with E-state index in [1.54, 1.807) is 12.1 Å². The van der Waals surface area contributed by atoms with Crippen molar-refractivity contribution in [3.8, 4) is 0 Å². The van der Waals surface area contributed by atoms with Crippen LogP contribution < -0.4 is 0 Å². The molecule has 2 aliphatic rings. The van der Waals surface area contributed by atoms with Gasteiger partial charge in [-0.15, -0.1) is 0 Å². The van der Waals surface area contributed by atoms with E-state index in [0.29, 0.717) is 45.3 Å². The van der Waals surface area contributed by atoms with Crippen LogP contribution in [0.25, 0.3) is 0 Å². The van der Waals surface area contributed by atoms with Crippen molar-refractivity contribution in [1.82, 2.24) is 14.7 Å². The molecule has 0 bridgehead atoms. The first-order valence-electron chi connectivity index (χ1n) is 10.2. The van der Waals surface area contributed by atoms with Crippen LogP contribution in [-0.2, 0) is 29.1 Å². The molecule has 1 aliphatic carbocycles. The van der Waals surface area contributed by atoms with Gasteiger partial charge < -0.3 is 10.0 Å². The third-order valence-electron chi connectivity index (χ3n) is 6.32. The molecule has 1 saturated carbocycles. The van der Waals surface area contributed by atoms with Gasteiger partial charge in [0, 0.05) is 12.5 Å². The second kappa shape index (κ2) is 7.97. The summed E-state index contributed by atoms with van der Waals surface area (Å²) in [5.74, 6) is -1.28. The summed E-state index contributed by atoms with van der Waals surface area (Å²) in [6.45, 7) is 3.73. The third-order valence-corrected chi connectivity index (χ3v) is 6.32. The molecule has 6 nitrogen and oxygen atoms in total. The lowest BCUT2D eigenvalue weighted by atomic mass is 9.81. The van der Waals surface area contributed by atoms with Crippen LogP contribution in [0.5, 0.6) is 0 Å². The average molecular weight is 399 g/mol. The molecule has 1 aromatic heterocycles. The Hall–Kier alpha value is -2.70. The van der Waals surface area contributed by atoms with Crippen LogP contribution in [0, 0.1) is 24.6 Å². The third kappa shape index (κ3) is 4.04.